The Bertz CT molecular complexity index is 536. The van der Waals surface area contributed by atoms with Crippen LogP contribution >= 0.6 is 35.7 Å². The van der Waals surface area contributed by atoms with Crippen molar-refractivity contribution in [3.63, 3.8) is 0 Å². The van der Waals surface area contributed by atoms with Gasteiger partial charge in [0.05, 0.1) is 0 Å². The molecule has 1 unspecified atom stereocenters. The molecule has 6 heteroatoms. The Balaban J connectivity index is 0.00000288. The van der Waals surface area contributed by atoms with Crippen molar-refractivity contribution >= 4 is 41.7 Å². The monoisotopic (exact) mass is 462 g/mol. The van der Waals surface area contributed by atoms with Crippen molar-refractivity contribution < 1.29 is 0 Å². The number of guanidine groups is 1. The highest BCUT2D eigenvalue weighted by Gasteiger charge is 2.22. The summed E-state index contributed by atoms with van der Waals surface area (Å²) in [5, 5.41) is 6.93. The van der Waals surface area contributed by atoms with Crippen LogP contribution in [0, 0.1) is 6.92 Å². The Morgan fingerprint density at radius 3 is 2.83 bits per heavy atom. The van der Waals surface area contributed by atoms with Crippen LogP contribution < -0.4 is 10.6 Å². The average molecular weight is 462 g/mol. The number of halogens is 1. The highest BCUT2D eigenvalue weighted by molar-refractivity contribution is 14.0. The molecule has 0 radical (unpaired) electrons. The molecule has 1 atom stereocenters. The number of aryl methyl sites for hydroxylation is 1. The van der Waals surface area contributed by atoms with Crippen molar-refractivity contribution in [1.82, 2.24) is 15.5 Å². The van der Waals surface area contributed by atoms with Crippen LogP contribution in [0.1, 0.15) is 30.9 Å². The lowest BCUT2D eigenvalue weighted by Gasteiger charge is -2.24. The second kappa shape index (κ2) is 11.2. The van der Waals surface area contributed by atoms with Crippen molar-refractivity contribution in [2.75, 3.05) is 32.9 Å². The number of thioether (sulfide) groups is 1. The van der Waals surface area contributed by atoms with Gasteiger partial charge in [0.25, 0.3) is 0 Å². The van der Waals surface area contributed by atoms with Crippen molar-refractivity contribution in [3.05, 3.63) is 29.3 Å². The second-order valence-corrected chi connectivity index (χ2v) is 6.89. The zero-order valence-corrected chi connectivity index (χ0v) is 18.4. The summed E-state index contributed by atoms with van der Waals surface area (Å²) in [5.74, 6) is 0.889. The van der Waals surface area contributed by atoms with Gasteiger partial charge in [0.1, 0.15) is 0 Å². The van der Waals surface area contributed by atoms with Crippen LogP contribution in [0.5, 0.6) is 0 Å². The maximum Gasteiger partial charge on any atom is 0.191 e. The van der Waals surface area contributed by atoms with E-state index in [1.807, 2.05) is 7.05 Å². The van der Waals surface area contributed by atoms with Gasteiger partial charge in [0.15, 0.2) is 5.96 Å². The largest absolute Gasteiger partial charge is 0.355 e. The molecule has 0 amide bonds. The molecule has 0 saturated carbocycles. The molecule has 0 bridgehead atoms. The molecule has 0 spiro atoms. The van der Waals surface area contributed by atoms with Crippen molar-refractivity contribution in [2.24, 2.45) is 4.99 Å². The number of nitrogens with zero attached hydrogens (tertiary/aromatic N) is 2. The molecule has 2 N–H and O–H groups in total. The first-order valence-electron chi connectivity index (χ1n) is 8.50. The fourth-order valence-electron chi connectivity index (χ4n) is 3.15. The SMILES string of the molecule is CCN1CCCC1CNC(=NC)NCc1ccc(C)cc1SC.I. The first-order valence-corrected chi connectivity index (χ1v) is 9.72. The topological polar surface area (TPSA) is 39.7 Å². The van der Waals surface area contributed by atoms with Crippen molar-refractivity contribution in [2.45, 2.75) is 44.2 Å². The lowest BCUT2D eigenvalue weighted by atomic mass is 10.1. The van der Waals surface area contributed by atoms with Crippen LogP contribution in [0.15, 0.2) is 28.1 Å². The van der Waals surface area contributed by atoms with Gasteiger partial charge in [0, 0.05) is 31.1 Å². The molecule has 1 aromatic carbocycles. The van der Waals surface area contributed by atoms with Gasteiger partial charge < -0.3 is 10.6 Å². The number of hydrogen-bond acceptors (Lipinski definition) is 3. The van der Waals surface area contributed by atoms with Gasteiger partial charge in [-0.3, -0.25) is 9.89 Å². The molecule has 136 valence electrons. The van der Waals surface area contributed by atoms with E-state index in [-0.39, 0.29) is 24.0 Å². The summed E-state index contributed by atoms with van der Waals surface area (Å²) in [6.07, 6.45) is 4.73. The van der Waals surface area contributed by atoms with E-state index >= 15 is 0 Å². The molecular formula is C18H31IN4S. The number of benzene rings is 1. The van der Waals surface area contributed by atoms with Gasteiger partial charge in [-0.2, -0.15) is 0 Å². The fourth-order valence-corrected chi connectivity index (χ4v) is 3.86. The Morgan fingerprint density at radius 1 is 1.38 bits per heavy atom. The number of likely N-dealkylation sites (N-methyl/N-ethyl adjacent to an activating group) is 1. The lowest BCUT2D eigenvalue weighted by Crippen LogP contribution is -2.44. The van der Waals surface area contributed by atoms with E-state index in [0.717, 1.165) is 25.6 Å². The van der Waals surface area contributed by atoms with Crippen LogP contribution in [0.4, 0.5) is 0 Å². The summed E-state index contributed by atoms with van der Waals surface area (Å²) in [4.78, 5) is 8.24. The molecule has 1 heterocycles. The minimum atomic E-state index is 0. The zero-order chi connectivity index (χ0) is 16.7. The van der Waals surface area contributed by atoms with Gasteiger partial charge in [0.2, 0.25) is 0 Å². The molecular weight excluding hydrogens is 431 g/mol. The number of likely N-dealkylation sites (tertiary alicyclic amines) is 1. The summed E-state index contributed by atoms with van der Waals surface area (Å²) in [5.41, 5.74) is 2.63. The second-order valence-electron chi connectivity index (χ2n) is 6.05. The molecule has 0 aromatic heterocycles. The van der Waals surface area contributed by atoms with E-state index in [1.54, 1.807) is 11.8 Å². The maximum absolute atomic E-state index is 4.36. The third kappa shape index (κ3) is 6.11. The third-order valence-electron chi connectivity index (χ3n) is 4.52. The van der Waals surface area contributed by atoms with Crippen LogP contribution in [-0.4, -0.2) is 49.8 Å². The molecule has 1 saturated heterocycles. The molecule has 2 rings (SSSR count). The minimum Gasteiger partial charge on any atom is -0.355 e. The van der Waals surface area contributed by atoms with Crippen molar-refractivity contribution in [1.29, 1.82) is 0 Å². The van der Waals surface area contributed by atoms with Crippen LogP contribution in [-0.2, 0) is 6.54 Å². The molecule has 1 fully saturated rings. The summed E-state index contributed by atoms with van der Waals surface area (Å²) >= 11 is 1.80. The lowest BCUT2D eigenvalue weighted by molar-refractivity contribution is 0.267. The summed E-state index contributed by atoms with van der Waals surface area (Å²) in [6, 6.07) is 7.26. The summed E-state index contributed by atoms with van der Waals surface area (Å²) in [6.45, 7) is 8.52. The highest BCUT2D eigenvalue weighted by atomic mass is 127. The Kier molecular flexibility index (Phi) is 10.1. The average Bonchev–Trinajstić information content (AvgIpc) is 3.03. The predicted molar refractivity (Wildman–Crippen MR) is 117 cm³/mol. The predicted octanol–water partition coefficient (Wildman–Crippen LogP) is 3.48. The maximum atomic E-state index is 4.36. The molecule has 1 aromatic rings. The van der Waals surface area contributed by atoms with E-state index in [0.29, 0.717) is 6.04 Å². The third-order valence-corrected chi connectivity index (χ3v) is 5.34. The van der Waals surface area contributed by atoms with E-state index in [9.17, 15) is 0 Å². The van der Waals surface area contributed by atoms with Crippen LogP contribution in [0.3, 0.4) is 0 Å². The zero-order valence-electron chi connectivity index (χ0n) is 15.3. The van der Waals surface area contributed by atoms with Gasteiger partial charge in [-0.05, 0) is 56.3 Å². The number of hydrogen-bond donors (Lipinski definition) is 2. The fraction of sp³-hybridized carbons (Fsp3) is 0.611. The van der Waals surface area contributed by atoms with Crippen molar-refractivity contribution in [3.8, 4) is 0 Å². The van der Waals surface area contributed by atoms with Crippen LogP contribution in [0.25, 0.3) is 0 Å². The summed E-state index contributed by atoms with van der Waals surface area (Å²) in [7, 11) is 1.84. The molecule has 1 aliphatic heterocycles. The van der Waals surface area contributed by atoms with Gasteiger partial charge >= 0.3 is 0 Å². The first kappa shape index (κ1) is 21.6. The quantitative estimate of drug-likeness (QED) is 0.294. The Morgan fingerprint density at radius 2 is 2.17 bits per heavy atom. The smallest absolute Gasteiger partial charge is 0.191 e. The van der Waals surface area contributed by atoms with E-state index < -0.39 is 0 Å². The van der Waals surface area contributed by atoms with E-state index in [1.165, 1.54) is 35.4 Å². The Hall–Kier alpha value is -0.470. The van der Waals surface area contributed by atoms with Crippen LogP contribution in [0.2, 0.25) is 0 Å². The molecule has 1 aliphatic rings. The molecule has 4 nitrogen and oxygen atoms in total. The highest BCUT2D eigenvalue weighted by Crippen LogP contribution is 2.21. The standard InChI is InChI=1S/C18H30N4S.HI/c1-5-22-10-6-7-16(22)13-21-18(19-3)20-12-15-9-8-14(2)11-17(15)23-4;/h8-9,11,16H,5-7,10,12-13H2,1-4H3,(H2,19,20,21);1H. The first-order chi connectivity index (χ1) is 11.2. The van der Waals surface area contributed by atoms with E-state index in [2.05, 4.69) is 58.8 Å². The molecule has 24 heavy (non-hydrogen) atoms. The van der Waals surface area contributed by atoms with Gasteiger partial charge in [-0.1, -0.05) is 19.1 Å². The van der Waals surface area contributed by atoms with Gasteiger partial charge in [-0.15, -0.1) is 35.7 Å². The minimum absolute atomic E-state index is 0. The normalized spacial score (nSPS) is 18.3. The Labute approximate surface area is 168 Å². The number of rotatable bonds is 6. The number of nitrogens with one attached hydrogen (secondary N) is 2. The van der Waals surface area contributed by atoms with E-state index in [4.69, 9.17) is 0 Å². The number of aliphatic imine (C=N–C) groups is 1. The summed E-state index contributed by atoms with van der Waals surface area (Å²) < 4.78 is 0. The molecule has 0 aliphatic carbocycles. The van der Waals surface area contributed by atoms with Gasteiger partial charge in [-0.25, -0.2) is 0 Å².